The van der Waals surface area contributed by atoms with Crippen LogP contribution < -0.4 is 16.8 Å². The molecule has 1 aliphatic rings. The normalized spacial score (nSPS) is 25.1. The van der Waals surface area contributed by atoms with E-state index in [0.29, 0.717) is 6.42 Å². The zero-order valence-corrected chi connectivity index (χ0v) is 12.0. The summed E-state index contributed by atoms with van der Waals surface area (Å²) in [7, 11) is 0. The van der Waals surface area contributed by atoms with E-state index in [0.717, 1.165) is 12.8 Å². The van der Waals surface area contributed by atoms with E-state index in [1.165, 1.54) is 0 Å². The average molecular weight is 278 g/mol. The van der Waals surface area contributed by atoms with Crippen molar-refractivity contribution in [2.24, 2.45) is 22.8 Å². The van der Waals surface area contributed by atoms with Crippen LogP contribution in [0.15, 0.2) is 0 Å². The Morgan fingerprint density at radius 1 is 1.28 bits per heavy atom. The average Bonchev–Trinajstić information content (AvgIpc) is 2.58. The van der Waals surface area contributed by atoms with E-state index in [1.807, 2.05) is 20.8 Å². The summed E-state index contributed by atoms with van der Waals surface area (Å²) in [6, 6.07) is -0.528. The lowest BCUT2D eigenvalue weighted by Gasteiger charge is -2.29. The highest BCUT2D eigenvalue weighted by atomic mass is 35.5. The number of amides is 2. The highest BCUT2D eigenvalue weighted by Gasteiger charge is 2.34. The molecular formula is C12H24ClN3O2. The molecule has 0 spiro atoms. The number of primary amides is 1. The van der Waals surface area contributed by atoms with Crippen LogP contribution in [0.2, 0.25) is 0 Å². The van der Waals surface area contributed by atoms with Gasteiger partial charge in [0.25, 0.3) is 0 Å². The largest absolute Gasteiger partial charge is 0.368 e. The van der Waals surface area contributed by atoms with E-state index >= 15 is 0 Å². The van der Waals surface area contributed by atoms with Gasteiger partial charge >= 0.3 is 0 Å². The summed E-state index contributed by atoms with van der Waals surface area (Å²) in [5.41, 5.74) is 10.7. The third-order valence-corrected chi connectivity index (χ3v) is 3.28. The smallest absolute Gasteiger partial charge is 0.240 e. The fourth-order valence-corrected chi connectivity index (χ4v) is 2.23. The highest BCUT2D eigenvalue weighted by molar-refractivity contribution is 5.88. The first-order chi connectivity index (χ1) is 7.71. The van der Waals surface area contributed by atoms with Gasteiger partial charge in [0.2, 0.25) is 11.8 Å². The highest BCUT2D eigenvalue weighted by Crippen LogP contribution is 2.25. The second-order valence-electron chi connectivity index (χ2n) is 5.98. The minimum atomic E-state index is -0.633. The van der Waals surface area contributed by atoms with Crippen molar-refractivity contribution < 1.29 is 9.59 Å². The fraction of sp³-hybridized carbons (Fsp3) is 0.833. The first-order valence-corrected chi connectivity index (χ1v) is 6.07. The number of nitrogens with one attached hydrogen (secondary N) is 1. The lowest BCUT2D eigenvalue weighted by Crippen LogP contribution is -2.53. The molecule has 0 heterocycles. The molecule has 6 heteroatoms. The van der Waals surface area contributed by atoms with E-state index < -0.39 is 11.9 Å². The molecule has 0 aromatic heterocycles. The molecule has 0 bridgehead atoms. The molecule has 0 aliphatic heterocycles. The fourth-order valence-electron chi connectivity index (χ4n) is 2.23. The van der Waals surface area contributed by atoms with Gasteiger partial charge in [-0.15, -0.1) is 12.4 Å². The minimum absolute atomic E-state index is 0. The molecule has 5 nitrogen and oxygen atoms in total. The van der Waals surface area contributed by atoms with Gasteiger partial charge in [-0.1, -0.05) is 20.8 Å². The van der Waals surface area contributed by atoms with Crippen molar-refractivity contribution in [2.45, 2.75) is 52.1 Å². The molecule has 5 N–H and O–H groups in total. The third kappa shape index (κ3) is 4.46. The first kappa shape index (κ1) is 17.2. The molecule has 3 atom stereocenters. The number of hydrogen-bond acceptors (Lipinski definition) is 3. The number of rotatable bonds is 3. The number of hydrogen-bond donors (Lipinski definition) is 3. The van der Waals surface area contributed by atoms with Crippen LogP contribution in [0, 0.1) is 11.3 Å². The Morgan fingerprint density at radius 2 is 1.83 bits per heavy atom. The van der Waals surface area contributed by atoms with Gasteiger partial charge in [0.05, 0.1) is 0 Å². The van der Waals surface area contributed by atoms with E-state index in [2.05, 4.69) is 5.32 Å². The van der Waals surface area contributed by atoms with Gasteiger partial charge in [-0.05, 0) is 24.7 Å². The van der Waals surface area contributed by atoms with Crippen molar-refractivity contribution in [1.82, 2.24) is 5.32 Å². The van der Waals surface area contributed by atoms with Crippen LogP contribution in [-0.2, 0) is 9.59 Å². The van der Waals surface area contributed by atoms with Crippen LogP contribution in [0.25, 0.3) is 0 Å². The maximum atomic E-state index is 12.0. The first-order valence-electron chi connectivity index (χ1n) is 6.07. The van der Waals surface area contributed by atoms with Gasteiger partial charge in [0.1, 0.15) is 6.04 Å². The minimum Gasteiger partial charge on any atom is -0.368 e. The maximum Gasteiger partial charge on any atom is 0.240 e. The lowest BCUT2D eigenvalue weighted by molar-refractivity contribution is -0.132. The zero-order chi connectivity index (χ0) is 13.2. The zero-order valence-electron chi connectivity index (χ0n) is 11.2. The number of carbonyl (C=O) groups is 2. The van der Waals surface area contributed by atoms with E-state index in [1.54, 1.807) is 0 Å². The van der Waals surface area contributed by atoms with Crippen molar-refractivity contribution in [3.05, 3.63) is 0 Å². The summed E-state index contributed by atoms with van der Waals surface area (Å²) in [6.45, 7) is 5.63. The Bertz CT molecular complexity index is 315. The molecule has 1 rings (SSSR count). The van der Waals surface area contributed by atoms with Gasteiger partial charge in [0, 0.05) is 12.0 Å². The SMILES string of the molecule is CC(C)(C)C(NC(=O)C1CCC(N)C1)C(N)=O.Cl. The van der Waals surface area contributed by atoms with Crippen molar-refractivity contribution in [2.75, 3.05) is 0 Å². The summed E-state index contributed by atoms with van der Waals surface area (Å²) in [6.07, 6.45) is 2.36. The van der Waals surface area contributed by atoms with Crippen LogP contribution in [0.1, 0.15) is 40.0 Å². The van der Waals surface area contributed by atoms with Crippen LogP contribution in [0.5, 0.6) is 0 Å². The van der Waals surface area contributed by atoms with E-state index in [-0.39, 0.29) is 35.7 Å². The topological polar surface area (TPSA) is 98.2 Å². The molecule has 0 aromatic carbocycles. The van der Waals surface area contributed by atoms with Crippen LogP contribution >= 0.6 is 12.4 Å². The van der Waals surface area contributed by atoms with Gasteiger partial charge in [-0.25, -0.2) is 0 Å². The van der Waals surface area contributed by atoms with Crippen LogP contribution in [0.3, 0.4) is 0 Å². The van der Waals surface area contributed by atoms with E-state index in [9.17, 15) is 9.59 Å². The standard InChI is InChI=1S/C12H23N3O2.ClH/c1-12(2,3)9(10(14)16)15-11(17)7-4-5-8(13)6-7;/h7-9H,4-6,13H2,1-3H3,(H2,14,16)(H,15,17);1H. The molecule has 18 heavy (non-hydrogen) atoms. The summed E-state index contributed by atoms with van der Waals surface area (Å²) < 4.78 is 0. The van der Waals surface area contributed by atoms with Crippen molar-refractivity contribution in [3.8, 4) is 0 Å². The molecular weight excluding hydrogens is 254 g/mol. The van der Waals surface area contributed by atoms with Gasteiger partial charge in [0.15, 0.2) is 0 Å². The van der Waals surface area contributed by atoms with E-state index in [4.69, 9.17) is 11.5 Å². The number of halogens is 1. The quantitative estimate of drug-likeness (QED) is 0.703. The second kappa shape index (κ2) is 6.38. The molecule has 2 amide bonds. The lowest BCUT2D eigenvalue weighted by atomic mass is 9.86. The summed E-state index contributed by atoms with van der Waals surface area (Å²) in [5.74, 6) is -0.668. The molecule has 0 radical (unpaired) electrons. The predicted octanol–water partition coefficient (Wildman–Crippen LogP) is 0.552. The Hall–Kier alpha value is -0.810. The third-order valence-electron chi connectivity index (χ3n) is 3.28. The molecule has 0 aromatic rings. The Labute approximate surface area is 114 Å². The maximum absolute atomic E-state index is 12.0. The Balaban J connectivity index is 0.00000289. The molecule has 1 saturated carbocycles. The Morgan fingerprint density at radius 3 is 2.17 bits per heavy atom. The molecule has 0 saturated heterocycles. The van der Waals surface area contributed by atoms with Crippen LogP contribution in [-0.4, -0.2) is 23.9 Å². The molecule has 1 aliphatic carbocycles. The predicted molar refractivity (Wildman–Crippen MR) is 73.1 cm³/mol. The molecule has 3 unspecified atom stereocenters. The van der Waals surface area contributed by atoms with Gasteiger partial charge in [-0.3, -0.25) is 9.59 Å². The van der Waals surface area contributed by atoms with Crippen molar-refractivity contribution >= 4 is 24.2 Å². The monoisotopic (exact) mass is 277 g/mol. The molecule has 106 valence electrons. The van der Waals surface area contributed by atoms with Crippen molar-refractivity contribution in [1.29, 1.82) is 0 Å². The van der Waals surface area contributed by atoms with Gasteiger partial charge in [-0.2, -0.15) is 0 Å². The van der Waals surface area contributed by atoms with Crippen LogP contribution in [0.4, 0.5) is 0 Å². The van der Waals surface area contributed by atoms with Gasteiger partial charge < -0.3 is 16.8 Å². The second-order valence-corrected chi connectivity index (χ2v) is 5.98. The number of carbonyl (C=O) groups excluding carboxylic acids is 2. The van der Waals surface area contributed by atoms with Crippen molar-refractivity contribution in [3.63, 3.8) is 0 Å². The number of nitrogens with two attached hydrogens (primary N) is 2. The molecule has 1 fully saturated rings. The summed E-state index contributed by atoms with van der Waals surface area (Å²) >= 11 is 0. The summed E-state index contributed by atoms with van der Waals surface area (Å²) in [5, 5.41) is 2.75. The summed E-state index contributed by atoms with van der Waals surface area (Å²) in [4.78, 5) is 23.3. The Kier molecular flexibility index (Phi) is 6.10.